The number of thioether (sulfide) groups is 1. The summed E-state index contributed by atoms with van der Waals surface area (Å²) in [4.78, 5) is 1.28. The van der Waals surface area contributed by atoms with Crippen molar-refractivity contribution in [3.05, 3.63) is 54.1 Å². The molecule has 20 heavy (non-hydrogen) atoms. The Bertz CT molecular complexity index is 537. The fraction of sp³-hybridized carbons (Fsp3) is 0.294. The van der Waals surface area contributed by atoms with Crippen LogP contribution >= 0.6 is 11.8 Å². The van der Waals surface area contributed by atoms with Crippen molar-refractivity contribution in [2.24, 2.45) is 0 Å². The molecule has 0 saturated carbocycles. The summed E-state index contributed by atoms with van der Waals surface area (Å²) >= 11 is 1.75. The third kappa shape index (κ3) is 4.20. The molecule has 0 amide bonds. The maximum atomic E-state index is 5.83. The molecule has 0 fully saturated rings. The molecule has 2 aromatic rings. The molecule has 0 heterocycles. The molecular weight excluding hydrogens is 266 g/mol. The van der Waals surface area contributed by atoms with Crippen LogP contribution in [-0.2, 0) is 6.54 Å². The maximum absolute atomic E-state index is 5.83. The van der Waals surface area contributed by atoms with Gasteiger partial charge in [-0.1, -0.05) is 18.2 Å². The van der Waals surface area contributed by atoms with Gasteiger partial charge in [0.15, 0.2) is 0 Å². The second kappa shape index (κ2) is 7.25. The lowest BCUT2D eigenvalue weighted by atomic mass is 10.2. The van der Waals surface area contributed by atoms with Crippen LogP contribution in [0, 0.1) is 0 Å². The lowest BCUT2D eigenvalue weighted by Gasteiger charge is -2.15. The molecule has 1 N–H and O–H groups in total. The SMILES string of the molecule is CSc1ccc(NCc2ccccc2OC(C)C)cc1. The van der Waals surface area contributed by atoms with E-state index in [9.17, 15) is 0 Å². The molecule has 0 bridgehead atoms. The molecule has 2 rings (SSSR count). The van der Waals surface area contributed by atoms with Crippen LogP contribution in [0.25, 0.3) is 0 Å². The summed E-state index contributed by atoms with van der Waals surface area (Å²) in [6, 6.07) is 16.6. The van der Waals surface area contributed by atoms with Gasteiger partial charge in [-0.3, -0.25) is 0 Å². The predicted octanol–water partition coefficient (Wildman–Crippen LogP) is 4.81. The fourth-order valence-corrected chi connectivity index (χ4v) is 2.33. The van der Waals surface area contributed by atoms with Gasteiger partial charge in [-0.15, -0.1) is 11.8 Å². The highest BCUT2D eigenvalue weighted by Crippen LogP contribution is 2.22. The van der Waals surface area contributed by atoms with Gasteiger partial charge in [0.05, 0.1) is 6.10 Å². The number of anilines is 1. The summed E-state index contributed by atoms with van der Waals surface area (Å²) in [5, 5.41) is 3.44. The van der Waals surface area contributed by atoms with Gasteiger partial charge in [-0.25, -0.2) is 0 Å². The first kappa shape index (κ1) is 14.8. The number of hydrogen-bond acceptors (Lipinski definition) is 3. The zero-order chi connectivity index (χ0) is 14.4. The zero-order valence-electron chi connectivity index (χ0n) is 12.2. The standard InChI is InChI=1S/C17H21NOS/c1-13(2)19-17-7-5-4-6-14(17)12-18-15-8-10-16(20-3)11-9-15/h4-11,13,18H,12H2,1-3H3. The van der Waals surface area contributed by atoms with Crippen LogP contribution in [0.3, 0.4) is 0 Å². The summed E-state index contributed by atoms with van der Waals surface area (Å²) in [7, 11) is 0. The Morgan fingerprint density at radius 1 is 1.05 bits per heavy atom. The average Bonchev–Trinajstić information content (AvgIpc) is 2.46. The number of hydrogen-bond donors (Lipinski definition) is 1. The van der Waals surface area contributed by atoms with Gasteiger partial charge in [-0.2, -0.15) is 0 Å². The average molecular weight is 287 g/mol. The van der Waals surface area contributed by atoms with Gasteiger partial charge < -0.3 is 10.1 Å². The van der Waals surface area contributed by atoms with Gasteiger partial charge in [-0.05, 0) is 50.4 Å². The molecule has 0 saturated heterocycles. The van der Waals surface area contributed by atoms with E-state index >= 15 is 0 Å². The van der Waals surface area contributed by atoms with Gasteiger partial charge in [0.2, 0.25) is 0 Å². The van der Waals surface area contributed by atoms with Crippen LogP contribution in [0.1, 0.15) is 19.4 Å². The van der Waals surface area contributed by atoms with E-state index in [4.69, 9.17) is 4.74 Å². The van der Waals surface area contributed by atoms with Crippen LogP contribution in [-0.4, -0.2) is 12.4 Å². The topological polar surface area (TPSA) is 21.3 Å². The molecule has 0 aliphatic heterocycles. The van der Waals surface area contributed by atoms with Crippen molar-refractivity contribution >= 4 is 17.4 Å². The number of benzene rings is 2. The molecule has 0 atom stereocenters. The first-order valence-corrected chi connectivity index (χ1v) is 8.04. The highest BCUT2D eigenvalue weighted by molar-refractivity contribution is 7.98. The molecule has 0 spiro atoms. The van der Waals surface area contributed by atoms with Crippen molar-refractivity contribution in [1.29, 1.82) is 0 Å². The van der Waals surface area contributed by atoms with Crippen LogP contribution in [0.4, 0.5) is 5.69 Å². The second-order valence-electron chi connectivity index (χ2n) is 4.86. The Labute approximate surface area is 125 Å². The minimum Gasteiger partial charge on any atom is -0.491 e. The normalized spacial score (nSPS) is 10.6. The van der Waals surface area contributed by atoms with E-state index in [-0.39, 0.29) is 6.10 Å². The molecule has 0 radical (unpaired) electrons. The summed E-state index contributed by atoms with van der Waals surface area (Å²) in [6.07, 6.45) is 2.28. The Balaban J connectivity index is 2.02. The number of nitrogens with one attached hydrogen (secondary N) is 1. The van der Waals surface area contributed by atoms with Gasteiger partial charge in [0, 0.05) is 22.7 Å². The van der Waals surface area contributed by atoms with Gasteiger partial charge in [0.25, 0.3) is 0 Å². The lowest BCUT2D eigenvalue weighted by molar-refractivity contribution is 0.240. The first-order valence-electron chi connectivity index (χ1n) is 6.81. The van der Waals surface area contributed by atoms with Crippen LogP contribution in [0.15, 0.2) is 53.4 Å². The van der Waals surface area contributed by atoms with Crippen molar-refractivity contribution in [3.8, 4) is 5.75 Å². The summed E-state index contributed by atoms with van der Waals surface area (Å²) in [5.41, 5.74) is 2.30. The monoisotopic (exact) mass is 287 g/mol. The molecule has 2 aromatic carbocycles. The van der Waals surface area contributed by atoms with E-state index in [0.717, 1.165) is 18.0 Å². The largest absolute Gasteiger partial charge is 0.491 e. The lowest BCUT2D eigenvalue weighted by Crippen LogP contribution is -2.09. The zero-order valence-corrected chi connectivity index (χ0v) is 13.0. The Hall–Kier alpha value is -1.61. The minimum absolute atomic E-state index is 0.192. The summed E-state index contributed by atoms with van der Waals surface area (Å²) < 4.78 is 5.83. The quantitative estimate of drug-likeness (QED) is 0.771. The van der Waals surface area contributed by atoms with Crippen molar-refractivity contribution in [3.63, 3.8) is 0 Å². The molecule has 0 aromatic heterocycles. The molecule has 0 aliphatic rings. The van der Waals surface area contributed by atoms with E-state index in [0.29, 0.717) is 0 Å². The van der Waals surface area contributed by atoms with Crippen LogP contribution in [0.5, 0.6) is 5.75 Å². The third-order valence-corrected chi connectivity index (χ3v) is 3.65. The van der Waals surface area contributed by atoms with Crippen LogP contribution < -0.4 is 10.1 Å². The molecule has 2 nitrogen and oxygen atoms in total. The maximum Gasteiger partial charge on any atom is 0.124 e. The smallest absolute Gasteiger partial charge is 0.124 e. The van der Waals surface area contributed by atoms with Crippen molar-refractivity contribution in [2.45, 2.75) is 31.4 Å². The molecule has 0 aliphatic carbocycles. The van der Waals surface area contributed by atoms with E-state index in [1.807, 2.05) is 32.0 Å². The van der Waals surface area contributed by atoms with Crippen molar-refractivity contribution in [2.75, 3.05) is 11.6 Å². The second-order valence-corrected chi connectivity index (χ2v) is 5.74. The molecular formula is C17H21NOS. The van der Waals surface area contributed by atoms with E-state index in [1.54, 1.807) is 11.8 Å². The van der Waals surface area contributed by atoms with Crippen molar-refractivity contribution < 1.29 is 4.74 Å². The fourth-order valence-electron chi connectivity index (χ4n) is 1.92. The van der Waals surface area contributed by atoms with Gasteiger partial charge in [0.1, 0.15) is 5.75 Å². The minimum atomic E-state index is 0.192. The summed E-state index contributed by atoms with van der Waals surface area (Å²) in [5.74, 6) is 0.954. The Morgan fingerprint density at radius 3 is 2.40 bits per heavy atom. The highest BCUT2D eigenvalue weighted by atomic mass is 32.2. The third-order valence-electron chi connectivity index (χ3n) is 2.91. The molecule has 0 unspecified atom stereocenters. The van der Waals surface area contributed by atoms with E-state index in [1.165, 1.54) is 10.5 Å². The van der Waals surface area contributed by atoms with Gasteiger partial charge >= 0.3 is 0 Å². The molecule has 3 heteroatoms. The van der Waals surface area contributed by atoms with E-state index in [2.05, 4.69) is 41.9 Å². The predicted molar refractivity (Wildman–Crippen MR) is 87.8 cm³/mol. The Morgan fingerprint density at radius 2 is 1.75 bits per heavy atom. The number of para-hydroxylation sites is 1. The number of rotatable bonds is 6. The van der Waals surface area contributed by atoms with Crippen LogP contribution in [0.2, 0.25) is 0 Å². The van der Waals surface area contributed by atoms with Crippen molar-refractivity contribution in [1.82, 2.24) is 0 Å². The first-order chi connectivity index (χ1) is 9.69. The van der Waals surface area contributed by atoms with E-state index < -0.39 is 0 Å². The molecule has 106 valence electrons. The Kier molecular flexibility index (Phi) is 5.36. The number of ether oxygens (including phenoxy) is 1. The summed E-state index contributed by atoms with van der Waals surface area (Å²) in [6.45, 7) is 4.86. The highest BCUT2D eigenvalue weighted by Gasteiger charge is 2.04.